The predicted octanol–water partition coefficient (Wildman–Crippen LogP) is 2.80. The Labute approximate surface area is 117 Å². The summed E-state index contributed by atoms with van der Waals surface area (Å²) in [5, 5.41) is 20.1. The number of nitro groups is 1. The van der Waals surface area contributed by atoms with Crippen LogP contribution in [-0.2, 0) is 4.79 Å². The standard InChI is InChI=1S/C11H12BrFN2O4/c1-11(2,10(16)17)14(3)8-5-7(13)6(12)4-9(8)15(18)19/h4-5H,1-3H3,(H,16,17). The molecule has 0 aromatic heterocycles. The number of carboxylic acid groups (broad SMARTS) is 1. The minimum atomic E-state index is -1.41. The fourth-order valence-electron chi connectivity index (χ4n) is 1.39. The summed E-state index contributed by atoms with van der Waals surface area (Å²) in [5.74, 6) is -1.87. The third-order valence-electron chi connectivity index (χ3n) is 2.94. The molecule has 6 nitrogen and oxygen atoms in total. The van der Waals surface area contributed by atoms with Crippen molar-refractivity contribution in [3.05, 3.63) is 32.5 Å². The first-order chi connectivity index (χ1) is 8.59. The number of carboxylic acids is 1. The van der Waals surface area contributed by atoms with Crippen LogP contribution < -0.4 is 4.90 Å². The third-order valence-corrected chi connectivity index (χ3v) is 3.55. The fraction of sp³-hybridized carbons (Fsp3) is 0.364. The molecule has 1 aromatic carbocycles. The molecule has 0 unspecified atom stereocenters. The lowest BCUT2D eigenvalue weighted by Crippen LogP contribution is -2.48. The van der Waals surface area contributed by atoms with Crippen molar-refractivity contribution in [2.24, 2.45) is 0 Å². The van der Waals surface area contributed by atoms with Crippen LogP contribution in [0.4, 0.5) is 15.8 Å². The maximum atomic E-state index is 13.5. The zero-order chi connectivity index (χ0) is 15.0. The summed E-state index contributed by atoms with van der Waals surface area (Å²) >= 11 is 2.86. The number of benzene rings is 1. The van der Waals surface area contributed by atoms with Crippen molar-refractivity contribution >= 4 is 33.3 Å². The lowest BCUT2D eigenvalue weighted by Gasteiger charge is -2.33. The zero-order valence-electron chi connectivity index (χ0n) is 10.5. The molecule has 0 atom stereocenters. The Morgan fingerprint density at radius 1 is 1.53 bits per heavy atom. The summed E-state index contributed by atoms with van der Waals surface area (Å²) in [7, 11) is 1.36. The van der Waals surface area contributed by atoms with E-state index in [-0.39, 0.29) is 15.8 Å². The molecule has 0 radical (unpaired) electrons. The van der Waals surface area contributed by atoms with Gasteiger partial charge >= 0.3 is 5.97 Å². The fourth-order valence-corrected chi connectivity index (χ4v) is 1.72. The number of rotatable bonds is 4. The first-order valence-corrected chi connectivity index (χ1v) is 5.99. The minimum absolute atomic E-state index is 0.0514. The molecule has 0 aliphatic carbocycles. The average molecular weight is 335 g/mol. The summed E-state index contributed by atoms with van der Waals surface area (Å²) in [4.78, 5) is 22.6. The number of hydrogen-bond donors (Lipinski definition) is 1. The number of nitrogens with zero attached hydrogens (tertiary/aromatic N) is 2. The predicted molar refractivity (Wildman–Crippen MR) is 70.9 cm³/mol. The molecule has 0 saturated heterocycles. The van der Waals surface area contributed by atoms with Gasteiger partial charge in [0, 0.05) is 19.2 Å². The van der Waals surface area contributed by atoms with Gasteiger partial charge in [-0.25, -0.2) is 9.18 Å². The van der Waals surface area contributed by atoms with E-state index in [0.717, 1.165) is 17.0 Å². The summed E-state index contributed by atoms with van der Waals surface area (Å²) in [5.41, 5.74) is -1.88. The van der Waals surface area contributed by atoms with Crippen molar-refractivity contribution in [3.63, 3.8) is 0 Å². The van der Waals surface area contributed by atoms with E-state index in [4.69, 9.17) is 5.11 Å². The van der Waals surface area contributed by atoms with Crippen LogP contribution in [0.2, 0.25) is 0 Å². The topological polar surface area (TPSA) is 83.7 Å². The van der Waals surface area contributed by atoms with Gasteiger partial charge in [0.25, 0.3) is 5.69 Å². The molecule has 1 N–H and O–H groups in total. The second-order valence-electron chi connectivity index (χ2n) is 4.44. The van der Waals surface area contributed by atoms with E-state index in [1.165, 1.54) is 20.9 Å². The van der Waals surface area contributed by atoms with E-state index in [9.17, 15) is 19.3 Å². The van der Waals surface area contributed by atoms with Gasteiger partial charge in [-0.3, -0.25) is 10.1 Å². The van der Waals surface area contributed by atoms with Crippen molar-refractivity contribution in [1.29, 1.82) is 0 Å². The molecule has 0 aliphatic rings. The smallest absolute Gasteiger partial charge is 0.328 e. The van der Waals surface area contributed by atoms with Gasteiger partial charge in [-0.05, 0) is 29.8 Å². The molecule has 0 saturated carbocycles. The second-order valence-corrected chi connectivity index (χ2v) is 5.29. The maximum Gasteiger partial charge on any atom is 0.328 e. The van der Waals surface area contributed by atoms with E-state index in [0.29, 0.717) is 0 Å². The second kappa shape index (κ2) is 5.12. The summed E-state index contributed by atoms with van der Waals surface area (Å²) < 4.78 is 13.5. The van der Waals surface area contributed by atoms with Gasteiger partial charge in [0.05, 0.1) is 9.40 Å². The Bertz CT molecular complexity index is 548. The molecule has 0 bridgehead atoms. The van der Waals surface area contributed by atoms with Crippen LogP contribution in [0.1, 0.15) is 13.8 Å². The highest BCUT2D eigenvalue weighted by atomic mass is 79.9. The van der Waals surface area contributed by atoms with Crippen molar-refractivity contribution < 1.29 is 19.2 Å². The molecule has 1 rings (SSSR count). The highest BCUT2D eigenvalue weighted by Crippen LogP contribution is 2.35. The molecule has 1 aromatic rings. The van der Waals surface area contributed by atoms with Crippen LogP contribution in [-0.4, -0.2) is 28.6 Å². The Hall–Kier alpha value is -1.70. The number of anilines is 1. The molecule has 8 heteroatoms. The lowest BCUT2D eigenvalue weighted by atomic mass is 10.0. The minimum Gasteiger partial charge on any atom is -0.480 e. The molecule has 0 fully saturated rings. The number of nitro benzene ring substituents is 1. The molecular weight excluding hydrogens is 323 g/mol. The van der Waals surface area contributed by atoms with Gasteiger partial charge < -0.3 is 10.0 Å². The first-order valence-electron chi connectivity index (χ1n) is 5.19. The monoisotopic (exact) mass is 334 g/mol. The highest BCUT2D eigenvalue weighted by Gasteiger charge is 2.36. The van der Waals surface area contributed by atoms with Crippen LogP contribution in [0.3, 0.4) is 0 Å². The Balaban J connectivity index is 3.45. The van der Waals surface area contributed by atoms with Gasteiger partial charge in [0.15, 0.2) is 0 Å². The van der Waals surface area contributed by atoms with E-state index in [1.807, 2.05) is 0 Å². The van der Waals surface area contributed by atoms with Crippen molar-refractivity contribution in [2.45, 2.75) is 19.4 Å². The number of carbonyl (C=O) groups is 1. The molecule has 19 heavy (non-hydrogen) atoms. The largest absolute Gasteiger partial charge is 0.480 e. The molecule has 0 amide bonds. The van der Waals surface area contributed by atoms with Gasteiger partial charge in [0.1, 0.15) is 17.0 Å². The van der Waals surface area contributed by atoms with Crippen LogP contribution in [0.5, 0.6) is 0 Å². The Kier molecular flexibility index (Phi) is 4.14. The first kappa shape index (κ1) is 15.4. The normalized spacial score (nSPS) is 11.2. The maximum absolute atomic E-state index is 13.5. The Morgan fingerprint density at radius 2 is 2.05 bits per heavy atom. The molecule has 0 spiro atoms. The van der Waals surface area contributed by atoms with Crippen LogP contribution in [0, 0.1) is 15.9 Å². The summed E-state index contributed by atoms with van der Waals surface area (Å²) in [6, 6.07) is 1.95. The van der Waals surface area contributed by atoms with Crippen LogP contribution >= 0.6 is 15.9 Å². The van der Waals surface area contributed by atoms with Crippen molar-refractivity contribution in [2.75, 3.05) is 11.9 Å². The van der Waals surface area contributed by atoms with Crippen molar-refractivity contribution in [3.8, 4) is 0 Å². The van der Waals surface area contributed by atoms with Gasteiger partial charge in [-0.15, -0.1) is 0 Å². The SMILES string of the molecule is CN(c1cc(F)c(Br)cc1[N+](=O)[O-])C(C)(C)C(=O)O. The average Bonchev–Trinajstić information content (AvgIpc) is 2.30. The number of halogens is 2. The third kappa shape index (κ3) is 2.83. The molecule has 104 valence electrons. The van der Waals surface area contributed by atoms with Crippen LogP contribution in [0.15, 0.2) is 16.6 Å². The van der Waals surface area contributed by atoms with Gasteiger partial charge in [-0.1, -0.05) is 0 Å². The zero-order valence-corrected chi connectivity index (χ0v) is 12.1. The molecule has 0 aliphatic heterocycles. The quantitative estimate of drug-likeness (QED) is 0.676. The van der Waals surface area contributed by atoms with Gasteiger partial charge in [-0.2, -0.15) is 0 Å². The summed E-state index contributed by atoms with van der Waals surface area (Å²) in [6.45, 7) is 2.75. The lowest BCUT2D eigenvalue weighted by molar-refractivity contribution is -0.384. The summed E-state index contributed by atoms with van der Waals surface area (Å²) in [6.07, 6.45) is 0. The highest BCUT2D eigenvalue weighted by molar-refractivity contribution is 9.10. The van der Waals surface area contributed by atoms with E-state index in [1.54, 1.807) is 0 Å². The Morgan fingerprint density at radius 3 is 2.47 bits per heavy atom. The van der Waals surface area contributed by atoms with Gasteiger partial charge in [0.2, 0.25) is 0 Å². The number of aliphatic carboxylic acids is 1. The van der Waals surface area contributed by atoms with Crippen LogP contribution in [0.25, 0.3) is 0 Å². The van der Waals surface area contributed by atoms with E-state index in [2.05, 4.69) is 15.9 Å². The van der Waals surface area contributed by atoms with E-state index < -0.39 is 22.2 Å². The van der Waals surface area contributed by atoms with Crippen molar-refractivity contribution in [1.82, 2.24) is 0 Å². The number of hydrogen-bond acceptors (Lipinski definition) is 4. The van der Waals surface area contributed by atoms with E-state index >= 15 is 0 Å². The molecule has 0 heterocycles. The molecular formula is C11H12BrFN2O4. The number of likely N-dealkylation sites (N-methyl/N-ethyl adjacent to an activating group) is 1.